The number of furan rings is 1. The van der Waals surface area contributed by atoms with E-state index in [1.54, 1.807) is 6.07 Å². The Labute approximate surface area is 98.2 Å². The number of nitrogens with one attached hydrogen (secondary N) is 2. The Bertz CT molecular complexity index is 552. The Morgan fingerprint density at radius 2 is 2.35 bits per heavy atom. The Morgan fingerprint density at radius 3 is 3.00 bits per heavy atom. The lowest BCUT2D eigenvalue weighted by Gasteiger charge is -1.97. The maximum atomic E-state index is 11.7. The van der Waals surface area contributed by atoms with Crippen LogP contribution in [0.15, 0.2) is 22.6 Å². The predicted octanol–water partition coefficient (Wildman–Crippen LogP) is 1.87. The molecule has 2 aromatic rings. The van der Waals surface area contributed by atoms with Crippen LogP contribution in [0.3, 0.4) is 0 Å². The molecule has 0 saturated heterocycles. The van der Waals surface area contributed by atoms with Crippen LogP contribution in [0.2, 0.25) is 0 Å². The molecular formula is C12H13N3O2. The average Bonchev–Trinajstić information content (AvgIpc) is 2.81. The monoisotopic (exact) mass is 231 g/mol. The van der Waals surface area contributed by atoms with Gasteiger partial charge in [0.05, 0.1) is 0 Å². The van der Waals surface area contributed by atoms with Gasteiger partial charge in [0.15, 0.2) is 11.5 Å². The molecule has 0 aliphatic heterocycles. The topological polar surface area (TPSA) is 70.9 Å². The minimum absolute atomic E-state index is 0.127. The Morgan fingerprint density at radius 1 is 1.53 bits per heavy atom. The highest BCUT2D eigenvalue weighted by molar-refractivity contribution is 5.93. The van der Waals surface area contributed by atoms with E-state index in [4.69, 9.17) is 4.42 Å². The van der Waals surface area contributed by atoms with Crippen LogP contribution in [0.25, 0.3) is 11.5 Å². The van der Waals surface area contributed by atoms with E-state index in [-0.39, 0.29) is 5.91 Å². The number of aryl methyl sites for hydroxylation is 1. The summed E-state index contributed by atoms with van der Waals surface area (Å²) in [5.41, 5.74) is 1.13. The lowest BCUT2D eigenvalue weighted by molar-refractivity contribution is 0.0946. The van der Waals surface area contributed by atoms with E-state index in [0.717, 1.165) is 24.3 Å². The first-order valence-corrected chi connectivity index (χ1v) is 5.65. The van der Waals surface area contributed by atoms with Crippen LogP contribution in [0.1, 0.15) is 29.1 Å². The highest BCUT2D eigenvalue weighted by Crippen LogP contribution is 2.22. The molecule has 1 amide bonds. The Kier molecular flexibility index (Phi) is 2.24. The van der Waals surface area contributed by atoms with Crippen LogP contribution < -0.4 is 5.32 Å². The van der Waals surface area contributed by atoms with Crippen molar-refractivity contribution in [2.45, 2.75) is 25.8 Å². The van der Waals surface area contributed by atoms with Crippen LogP contribution in [0.5, 0.6) is 0 Å². The molecule has 2 aromatic heterocycles. The van der Waals surface area contributed by atoms with Crippen molar-refractivity contribution in [3.63, 3.8) is 0 Å². The molecule has 2 N–H and O–H groups in total. The molecule has 0 aromatic carbocycles. The molecular weight excluding hydrogens is 218 g/mol. The molecule has 1 fully saturated rings. The van der Waals surface area contributed by atoms with Gasteiger partial charge in [-0.05, 0) is 31.9 Å². The fourth-order valence-electron chi connectivity index (χ4n) is 1.63. The van der Waals surface area contributed by atoms with Gasteiger partial charge in [-0.25, -0.2) is 0 Å². The number of aromatic amines is 1. The summed E-state index contributed by atoms with van der Waals surface area (Å²) < 4.78 is 5.45. The molecule has 1 aliphatic rings. The number of carbonyl (C=O) groups is 1. The molecule has 1 saturated carbocycles. The number of amides is 1. The van der Waals surface area contributed by atoms with Gasteiger partial charge in [0, 0.05) is 12.1 Å². The van der Waals surface area contributed by atoms with Gasteiger partial charge in [0.25, 0.3) is 5.91 Å². The minimum Gasteiger partial charge on any atom is -0.460 e. The molecule has 2 heterocycles. The molecule has 0 unspecified atom stereocenters. The summed E-state index contributed by atoms with van der Waals surface area (Å²) >= 11 is 0. The molecule has 1 aliphatic carbocycles. The molecule has 5 nitrogen and oxygen atoms in total. The number of carbonyl (C=O) groups excluding carboxylic acids is 1. The third kappa shape index (κ3) is 2.08. The van der Waals surface area contributed by atoms with Crippen LogP contribution in [0, 0.1) is 6.92 Å². The van der Waals surface area contributed by atoms with Gasteiger partial charge < -0.3 is 9.73 Å². The number of aromatic nitrogens is 2. The second-order valence-electron chi connectivity index (χ2n) is 4.32. The summed E-state index contributed by atoms with van der Waals surface area (Å²) in [5, 5.41) is 9.68. The van der Waals surface area contributed by atoms with Crippen molar-refractivity contribution in [2.75, 3.05) is 0 Å². The zero-order chi connectivity index (χ0) is 11.8. The van der Waals surface area contributed by atoms with Gasteiger partial charge in [-0.1, -0.05) is 0 Å². The summed E-state index contributed by atoms with van der Waals surface area (Å²) in [6.45, 7) is 1.88. The smallest absolute Gasteiger partial charge is 0.272 e. The van der Waals surface area contributed by atoms with Crippen LogP contribution in [-0.4, -0.2) is 22.1 Å². The number of hydrogen-bond donors (Lipinski definition) is 2. The van der Waals surface area contributed by atoms with E-state index >= 15 is 0 Å². The fraction of sp³-hybridized carbons (Fsp3) is 0.333. The fourth-order valence-corrected chi connectivity index (χ4v) is 1.63. The lowest BCUT2D eigenvalue weighted by Crippen LogP contribution is -2.25. The maximum absolute atomic E-state index is 11.7. The summed E-state index contributed by atoms with van der Waals surface area (Å²) in [5.74, 6) is 1.40. The quantitative estimate of drug-likeness (QED) is 0.847. The molecule has 0 atom stereocenters. The first-order valence-electron chi connectivity index (χ1n) is 5.65. The van der Waals surface area contributed by atoms with Gasteiger partial charge in [-0.3, -0.25) is 9.89 Å². The zero-order valence-corrected chi connectivity index (χ0v) is 9.49. The van der Waals surface area contributed by atoms with Crippen molar-refractivity contribution in [2.24, 2.45) is 0 Å². The number of H-pyrrole nitrogens is 1. The van der Waals surface area contributed by atoms with Gasteiger partial charge >= 0.3 is 0 Å². The summed E-state index contributed by atoms with van der Waals surface area (Å²) in [4.78, 5) is 11.7. The van der Waals surface area contributed by atoms with Gasteiger partial charge in [0.1, 0.15) is 11.5 Å². The highest BCUT2D eigenvalue weighted by atomic mass is 16.3. The van der Waals surface area contributed by atoms with Crippen molar-refractivity contribution in [1.82, 2.24) is 15.5 Å². The molecule has 17 heavy (non-hydrogen) atoms. The predicted molar refractivity (Wildman–Crippen MR) is 61.5 cm³/mol. The summed E-state index contributed by atoms with van der Waals surface area (Å²) in [7, 11) is 0. The maximum Gasteiger partial charge on any atom is 0.272 e. The van der Waals surface area contributed by atoms with Gasteiger partial charge in [-0.2, -0.15) is 5.10 Å². The van der Waals surface area contributed by atoms with Crippen molar-refractivity contribution in [3.8, 4) is 11.5 Å². The third-order valence-electron chi connectivity index (χ3n) is 2.73. The minimum atomic E-state index is -0.127. The van der Waals surface area contributed by atoms with E-state index in [1.165, 1.54) is 0 Å². The first-order chi connectivity index (χ1) is 8.22. The average molecular weight is 231 g/mol. The molecule has 0 spiro atoms. The Balaban J connectivity index is 1.79. The number of hydrogen-bond acceptors (Lipinski definition) is 3. The normalized spacial score (nSPS) is 14.9. The van der Waals surface area contributed by atoms with E-state index in [2.05, 4.69) is 15.5 Å². The van der Waals surface area contributed by atoms with Crippen LogP contribution in [-0.2, 0) is 0 Å². The molecule has 88 valence electrons. The van der Waals surface area contributed by atoms with Crippen molar-refractivity contribution >= 4 is 5.91 Å². The molecule has 5 heteroatoms. The second-order valence-corrected chi connectivity index (χ2v) is 4.32. The van der Waals surface area contributed by atoms with Crippen molar-refractivity contribution in [1.29, 1.82) is 0 Å². The summed E-state index contributed by atoms with van der Waals surface area (Å²) in [6.07, 6.45) is 2.14. The van der Waals surface area contributed by atoms with E-state index in [0.29, 0.717) is 17.5 Å². The third-order valence-corrected chi connectivity index (χ3v) is 2.73. The van der Waals surface area contributed by atoms with Crippen molar-refractivity contribution in [3.05, 3.63) is 29.7 Å². The van der Waals surface area contributed by atoms with Crippen LogP contribution >= 0.6 is 0 Å². The van der Waals surface area contributed by atoms with Gasteiger partial charge in [-0.15, -0.1) is 0 Å². The molecule has 0 radical (unpaired) electrons. The largest absolute Gasteiger partial charge is 0.460 e. The lowest BCUT2D eigenvalue weighted by atomic mass is 10.3. The highest BCUT2D eigenvalue weighted by Gasteiger charge is 2.25. The second kappa shape index (κ2) is 3.76. The standard InChI is InChI=1S/C12H13N3O2/c1-7-2-5-11(17-7)9-6-10(15-14-9)12(16)13-8-3-4-8/h2,5-6,8H,3-4H2,1H3,(H,13,16)(H,14,15). The number of rotatable bonds is 3. The number of nitrogens with zero attached hydrogens (tertiary/aromatic N) is 1. The Hall–Kier alpha value is -2.04. The van der Waals surface area contributed by atoms with E-state index < -0.39 is 0 Å². The van der Waals surface area contributed by atoms with E-state index in [9.17, 15) is 4.79 Å². The van der Waals surface area contributed by atoms with Crippen molar-refractivity contribution < 1.29 is 9.21 Å². The van der Waals surface area contributed by atoms with Crippen LogP contribution in [0.4, 0.5) is 0 Å². The van der Waals surface area contributed by atoms with Gasteiger partial charge in [0.2, 0.25) is 0 Å². The molecule has 3 rings (SSSR count). The first kappa shape index (κ1) is 10.1. The summed E-state index contributed by atoms with van der Waals surface area (Å²) in [6, 6.07) is 5.77. The SMILES string of the molecule is Cc1ccc(-c2cc(C(=O)NC3CC3)n[nH]2)o1. The zero-order valence-electron chi connectivity index (χ0n) is 9.49. The molecule has 0 bridgehead atoms. The van der Waals surface area contributed by atoms with E-state index in [1.807, 2.05) is 19.1 Å².